The second-order valence-electron chi connectivity index (χ2n) is 7.51. The van der Waals surface area contributed by atoms with Crippen LogP contribution in [-0.2, 0) is 0 Å². The first-order chi connectivity index (χ1) is 13.8. The van der Waals surface area contributed by atoms with Gasteiger partial charge in [0.15, 0.2) is 0 Å². The molecule has 2 heterocycles. The van der Waals surface area contributed by atoms with E-state index in [4.69, 9.17) is 0 Å². The first kappa shape index (κ1) is 19.8. The third-order valence-electron chi connectivity index (χ3n) is 5.77. The van der Waals surface area contributed by atoms with E-state index in [1.54, 1.807) is 18.0 Å². The van der Waals surface area contributed by atoms with Crippen molar-refractivity contribution in [2.75, 3.05) is 31.1 Å². The lowest BCUT2D eigenvalue weighted by atomic mass is 9.94. The summed E-state index contributed by atoms with van der Waals surface area (Å²) in [5.74, 6) is 2.46. The minimum Gasteiger partial charge on any atom is -0.350 e. The number of pyridine rings is 1. The number of carbonyl (C=O) groups excluding carboxylic acids is 1. The molecule has 0 radical (unpaired) electrons. The third kappa shape index (κ3) is 4.73. The summed E-state index contributed by atoms with van der Waals surface area (Å²) in [4.78, 5) is 20.8. The molecule has 2 fully saturated rings. The summed E-state index contributed by atoms with van der Waals surface area (Å²) < 4.78 is 0. The highest BCUT2D eigenvalue weighted by Crippen LogP contribution is 2.36. The molecule has 1 saturated carbocycles. The number of benzene rings is 1. The van der Waals surface area contributed by atoms with Gasteiger partial charge in [0, 0.05) is 53.3 Å². The molecular formula is C22H27N3OS2. The molecule has 0 bridgehead atoms. The first-order valence-corrected chi connectivity index (χ1v) is 12.0. The zero-order chi connectivity index (χ0) is 19.2. The summed E-state index contributed by atoms with van der Waals surface area (Å²) in [6.07, 6.45) is 6.76. The molecule has 1 N–H and O–H groups in total. The molecule has 0 spiro atoms. The molecule has 1 aromatic heterocycles. The van der Waals surface area contributed by atoms with Gasteiger partial charge in [-0.2, -0.15) is 11.8 Å². The molecule has 148 valence electrons. The maximum absolute atomic E-state index is 12.7. The van der Waals surface area contributed by atoms with Gasteiger partial charge in [-0.3, -0.25) is 9.69 Å². The molecule has 4 nitrogen and oxygen atoms in total. The highest BCUT2D eigenvalue weighted by Gasteiger charge is 2.40. The van der Waals surface area contributed by atoms with E-state index in [-0.39, 0.29) is 11.4 Å². The Labute approximate surface area is 175 Å². The van der Waals surface area contributed by atoms with E-state index in [1.807, 2.05) is 54.2 Å². The largest absolute Gasteiger partial charge is 0.350 e. The van der Waals surface area contributed by atoms with Crippen molar-refractivity contribution >= 4 is 29.4 Å². The minimum absolute atomic E-state index is 0.0343. The Bertz CT molecular complexity index is 770. The van der Waals surface area contributed by atoms with Crippen LogP contribution < -0.4 is 5.32 Å². The van der Waals surface area contributed by atoms with Crippen molar-refractivity contribution in [1.82, 2.24) is 15.2 Å². The lowest BCUT2D eigenvalue weighted by Crippen LogP contribution is -2.56. The van der Waals surface area contributed by atoms with E-state index in [2.05, 4.69) is 15.2 Å². The van der Waals surface area contributed by atoms with Crippen LogP contribution in [0.3, 0.4) is 0 Å². The highest BCUT2D eigenvalue weighted by molar-refractivity contribution is 7.99. The molecule has 2 aliphatic rings. The van der Waals surface area contributed by atoms with Crippen LogP contribution in [0.15, 0.2) is 58.6 Å². The van der Waals surface area contributed by atoms with Crippen molar-refractivity contribution in [3.05, 3.63) is 54.2 Å². The fourth-order valence-electron chi connectivity index (χ4n) is 4.23. The first-order valence-electron chi connectivity index (χ1n) is 10.1. The summed E-state index contributed by atoms with van der Waals surface area (Å²) in [7, 11) is 0. The SMILES string of the molecule is O=C(NCC1(N2CCSCC2)CCCC1)c1ccc(Sc2ccccn2)cc1. The van der Waals surface area contributed by atoms with E-state index in [0.717, 1.165) is 35.1 Å². The molecule has 1 amide bonds. The number of hydrogen-bond donors (Lipinski definition) is 1. The number of aromatic nitrogens is 1. The summed E-state index contributed by atoms with van der Waals surface area (Å²) in [6, 6.07) is 13.7. The Hall–Kier alpha value is -1.50. The van der Waals surface area contributed by atoms with Crippen LogP contribution >= 0.6 is 23.5 Å². The van der Waals surface area contributed by atoms with Crippen molar-refractivity contribution in [3.63, 3.8) is 0 Å². The summed E-state index contributed by atoms with van der Waals surface area (Å²) in [6.45, 7) is 3.07. The van der Waals surface area contributed by atoms with Gasteiger partial charge in [0.2, 0.25) is 0 Å². The number of carbonyl (C=O) groups is 1. The second kappa shape index (κ2) is 9.33. The van der Waals surface area contributed by atoms with Gasteiger partial charge < -0.3 is 5.32 Å². The molecule has 6 heteroatoms. The minimum atomic E-state index is 0.0343. The number of nitrogens with zero attached hydrogens (tertiary/aromatic N) is 2. The van der Waals surface area contributed by atoms with E-state index >= 15 is 0 Å². The average Bonchev–Trinajstić information content (AvgIpc) is 3.24. The topological polar surface area (TPSA) is 45.2 Å². The van der Waals surface area contributed by atoms with Gasteiger partial charge in [0.05, 0.1) is 0 Å². The van der Waals surface area contributed by atoms with Crippen molar-refractivity contribution in [2.24, 2.45) is 0 Å². The Balaban J connectivity index is 1.36. The van der Waals surface area contributed by atoms with Gasteiger partial charge in [-0.05, 0) is 49.2 Å². The smallest absolute Gasteiger partial charge is 0.251 e. The normalized spacial score (nSPS) is 19.4. The quantitative estimate of drug-likeness (QED) is 0.764. The van der Waals surface area contributed by atoms with Crippen molar-refractivity contribution < 1.29 is 4.79 Å². The van der Waals surface area contributed by atoms with E-state index in [0.29, 0.717) is 0 Å². The van der Waals surface area contributed by atoms with Gasteiger partial charge in [-0.1, -0.05) is 30.7 Å². The van der Waals surface area contributed by atoms with Gasteiger partial charge in [-0.25, -0.2) is 4.98 Å². The highest BCUT2D eigenvalue weighted by atomic mass is 32.2. The molecule has 4 rings (SSSR count). The summed E-state index contributed by atoms with van der Waals surface area (Å²) in [5.41, 5.74) is 0.901. The number of thioether (sulfide) groups is 1. The standard InChI is InChI=1S/C22H27N3OS2/c26-21(18-6-8-19(9-7-18)28-20-5-1-4-12-23-20)24-17-22(10-2-3-11-22)25-13-15-27-16-14-25/h1,4-9,12H,2-3,10-11,13-17H2,(H,24,26). The molecule has 1 aliphatic carbocycles. The molecule has 1 aliphatic heterocycles. The van der Waals surface area contributed by atoms with Crippen molar-refractivity contribution in [2.45, 2.75) is 41.1 Å². The Kier molecular flexibility index (Phi) is 6.60. The van der Waals surface area contributed by atoms with Crippen LogP contribution in [0.2, 0.25) is 0 Å². The van der Waals surface area contributed by atoms with Crippen LogP contribution in [-0.4, -0.2) is 52.5 Å². The zero-order valence-electron chi connectivity index (χ0n) is 16.1. The third-order valence-corrected chi connectivity index (χ3v) is 7.67. The van der Waals surface area contributed by atoms with E-state index in [9.17, 15) is 4.79 Å². The van der Waals surface area contributed by atoms with Crippen molar-refractivity contribution in [1.29, 1.82) is 0 Å². The number of nitrogens with one attached hydrogen (secondary N) is 1. The summed E-state index contributed by atoms with van der Waals surface area (Å²) in [5, 5.41) is 4.20. The Morgan fingerprint density at radius 1 is 1.11 bits per heavy atom. The fourth-order valence-corrected chi connectivity index (χ4v) is 5.90. The van der Waals surface area contributed by atoms with Gasteiger partial charge >= 0.3 is 0 Å². The zero-order valence-corrected chi connectivity index (χ0v) is 17.7. The maximum atomic E-state index is 12.7. The van der Waals surface area contributed by atoms with Crippen LogP contribution in [0.25, 0.3) is 0 Å². The Morgan fingerprint density at radius 2 is 1.86 bits per heavy atom. The molecular weight excluding hydrogens is 386 g/mol. The fraction of sp³-hybridized carbons (Fsp3) is 0.455. The summed E-state index contributed by atoms with van der Waals surface area (Å²) >= 11 is 3.65. The molecule has 1 saturated heterocycles. The lowest BCUT2D eigenvalue weighted by molar-refractivity contribution is 0.0817. The number of amides is 1. The predicted octanol–water partition coefficient (Wildman–Crippen LogP) is 4.32. The van der Waals surface area contributed by atoms with Gasteiger partial charge in [0.1, 0.15) is 5.03 Å². The lowest BCUT2D eigenvalue weighted by Gasteiger charge is -2.43. The molecule has 0 unspecified atom stereocenters. The van der Waals surface area contributed by atoms with Gasteiger partial charge in [0.25, 0.3) is 5.91 Å². The van der Waals surface area contributed by atoms with Crippen LogP contribution in [0.5, 0.6) is 0 Å². The number of hydrogen-bond acceptors (Lipinski definition) is 5. The average molecular weight is 414 g/mol. The van der Waals surface area contributed by atoms with E-state index < -0.39 is 0 Å². The van der Waals surface area contributed by atoms with Crippen LogP contribution in [0, 0.1) is 0 Å². The molecule has 1 aromatic carbocycles. The van der Waals surface area contributed by atoms with Crippen molar-refractivity contribution in [3.8, 4) is 0 Å². The van der Waals surface area contributed by atoms with Crippen LogP contribution in [0.4, 0.5) is 0 Å². The maximum Gasteiger partial charge on any atom is 0.251 e. The monoisotopic (exact) mass is 413 g/mol. The molecule has 0 atom stereocenters. The number of rotatable bonds is 6. The molecule has 2 aromatic rings. The second-order valence-corrected chi connectivity index (χ2v) is 9.83. The Morgan fingerprint density at radius 3 is 2.54 bits per heavy atom. The van der Waals surface area contributed by atoms with Crippen LogP contribution in [0.1, 0.15) is 36.0 Å². The van der Waals surface area contributed by atoms with E-state index in [1.165, 1.54) is 37.2 Å². The molecule has 28 heavy (non-hydrogen) atoms. The predicted molar refractivity (Wildman–Crippen MR) is 117 cm³/mol. The van der Waals surface area contributed by atoms with Gasteiger partial charge in [-0.15, -0.1) is 0 Å².